The number of amidine groups is 1. The van der Waals surface area contributed by atoms with E-state index < -0.39 is 17.6 Å². The highest BCUT2D eigenvalue weighted by Gasteiger charge is 2.30. The Balaban J connectivity index is 1.55. The van der Waals surface area contributed by atoms with E-state index in [0.717, 1.165) is 61.2 Å². The van der Waals surface area contributed by atoms with Crippen molar-refractivity contribution >= 4 is 40.3 Å². The van der Waals surface area contributed by atoms with Crippen LogP contribution in [0.4, 0.5) is 5.69 Å². The van der Waals surface area contributed by atoms with Crippen LogP contribution in [0.25, 0.3) is 11.0 Å². The smallest absolute Gasteiger partial charge is 0.313 e. The number of hydrogen-bond acceptors (Lipinski definition) is 6. The number of carbonyl (C=O) groups is 3. The van der Waals surface area contributed by atoms with Crippen LogP contribution in [-0.4, -0.2) is 71.2 Å². The summed E-state index contributed by atoms with van der Waals surface area (Å²) in [5.41, 5.74) is 0.865. The van der Waals surface area contributed by atoms with E-state index in [9.17, 15) is 14.4 Å². The number of amides is 2. The van der Waals surface area contributed by atoms with Gasteiger partial charge < -0.3 is 24.3 Å². The summed E-state index contributed by atoms with van der Waals surface area (Å²) in [6, 6.07) is 6.91. The summed E-state index contributed by atoms with van der Waals surface area (Å²) >= 11 is 0. The summed E-state index contributed by atoms with van der Waals surface area (Å²) < 4.78 is 11.2. The predicted molar refractivity (Wildman–Crippen MR) is 143 cm³/mol. The summed E-state index contributed by atoms with van der Waals surface area (Å²) in [7, 11) is 0. The van der Waals surface area contributed by atoms with Gasteiger partial charge in [0.05, 0.1) is 6.54 Å². The Kier molecular flexibility index (Phi) is 8.19. The Bertz CT molecular complexity index is 1170. The molecule has 1 aromatic heterocycles. The molecule has 2 amide bonds. The van der Waals surface area contributed by atoms with E-state index in [0.29, 0.717) is 18.8 Å². The third kappa shape index (κ3) is 7.33. The molecule has 200 valence electrons. The molecule has 0 bridgehead atoms. The number of anilines is 1. The van der Waals surface area contributed by atoms with Crippen LogP contribution < -0.4 is 5.32 Å². The zero-order valence-electron chi connectivity index (χ0n) is 22.3. The lowest BCUT2D eigenvalue weighted by Gasteiger charge is -2.25. The number of hydrogen-bond donors (Lipinski definition) is 1. The van der Waals surface area contributed by atoms with Gasteiger partial charge in [-0.1, -0.05) is 0 Å². The van der Waals surface area contributed by atoms with Crippen molar-refractivity contribution in [1.82, 2.24) is 9.80 Å². The predicted octanol–water partition coefficient (Wildman–Crippen LogP) is 4.29. The molecular formula is C28H38N4O5. The van der Waals surface area contributed by atoms with Gasteiger partial charge in [0.1, 0.15) is 35.2 Å². The van der Waals surface area contributed by atoms with Crippen molar-refractivity contribution in [2.45, 2.75) is 77.9 Å². The van der Waals surface area contributed by atoms with Gasteiger partial charge in [-0.05, 0) is 84.1 Å². The number of ether oxygens (including phenoxy) is 1. The maximum Gasteiger partial charge on any atom is 0.313 e. The Morgan fingerprint density at radius 1 is 1.11 bits per heavy atom. The Morgan fingerprint density at radius 2 is 1.84 bits per heavy atom. The molecule has 0 saturated carbocycles. The molecule has 2 aliphatic heterocycles. The van der Waals surface area contributed by atoms with Crippen LogP contribution in [0.3, 0.4) is 0 Å². The van der Waals surface area contributed by atoms with Crippen LogP contribution in [0.5, 0.6) is 0 Å². The van der Waals surface area contributed by atoms with Crippen molar-refractivity contribution in [3.05, 3.63) is 30.0 Å². The van der Waals surface area contributed by atoms with Crippen LogP contribution in [-0.2, 0) is 19.1 Å². The molecule has 9 nitrogen and oxygen atoms in total. The van der Waals surface area contributed by atoms with E-state index in [1.165, 1.54) is 0 Å². The second-order valence-electron chi connectivity index (χ2n) is 10.9. The molecule has 2 aliphatic rings. The second-order valence-corrected chi connectivity index (χ2v) is 10.9. The van der Waals surface area contributed by atoms with E-state index in [1.807, 2.05) is 56.9 Å². The third-order valence-electron chi connectivity index (χ3n) is 6.51. The summed E-state index contributed by atoms with van der Waals surface area (Å²) in [5.74, 6) is 0.559. The van der Waals surface area contributed by atoms with Crippen LogP contribution in [0.15, 0.2) is 33.7 Å². The van der Waals surface area contributed by atoms with Gasteiger partial charge in [-0.25, -0.2) is 0 Å². The molecule has 0 radical (unpaired) electrons. The number of esters is 1. The molecule has 1 atom stereocenters. The van der Waals surface area contributed by atoms with Gasteiger partial charge >= 0.3 is 5.97 Å². The summed E-state index contributed by atoms with van der Waals surface area (Å²) in [5, 5.41) is 4.17. The average Bonchev–Trinajstić information content (AvgIpc) is 3.43. The van der Waals surface area contributed by atoms with Gasteiger partial charge in [0.25, 0.3) is 0 Å². The van der Waals surface area contributed by atoms with E-state index >= 15 is 0 Å². The minimum Gasteiger partial charge on any atom is -0.461 e. The molecule has 0 unspecified atom stereocenters. The molecule has 2 fully saturated rings. The monoisotopic (exact) mass is 510 g/mol. The van der Waals surface area contributed by atoms with E-state index in [1.54, 1.807) is 4.90 Å². The zero-order valence-corrected chi connectivity index (χ0v) is 22.3. The number of benzene rings is 1. The highest BCUT2D eigenvalue weighted by atomic mass is 16.6. The molecule has 37 heavy (non-hydrogen) atoms. The van der Waals surface area contributed by atoms with Gasteiger partial charge in [0.2, 0.25) is 11.8 Å². The number of nitrogens with one attached hydrogen (secondary N) is 1. The lowest BCUT2D eigenvalue weighted by molar-refractivity contribution is -0.153. The van der Waals surface area contributed by atoms with Crippen LogP contribution in [0, 0.1) is 6.92 Å². The number of furan rings is 1. The first kappa shape index (κ1) is 26.7. The Labute approximate surface area is 218 Å². The van der Waals surface area contributed by atoms with Crippen LogP contribution in [0.2, 0.25) is 0 Å². The fraction of sp³-hybridized carbons (Fsp3) is 0.571. The number of carbonyl (C=O) groups excluding carboxylic acids is 3. The first-order valence-electron chi connectivity index (χ1n) is 13.2. The van der Waals surface area contributed by atoms with Crippen LogP contribution in [0.1, 0.15) is 65.1 Å². The average molecular weight is 511 g/mol. The quantitative estimate of drug-likeness (QED) is 0.353. The number of fused-ring (bicyclic) bond motifs is 1. The topological polar surface area (TPSA) is 104 Å². The first-order valence-corrected chi connectivity index (χ1v) is 13.2. The maximum absolute atomic E-state index is 13.5. The Hall–Kier alpha value is -3.36. The van der Waals surface area contributed by atoms with Gasteiger partial charge in [0.15, 0.2) is 0 Å². The molecular weight excluding hydrogens is 472 g/mol. The van der Waals surface area contributed by atoms with Gasteiger partial charge in [-0.3, -0.25) is 19.4 Å². The number of likely N-dealkylation sites (tertiary alicyclic amines) is 2. The highest BCUT2D eigenvalue weighted by Crippen LogP contribution is 2.24. The molecule has 1 aromatic carbocycles. The van der Waals surface area contributed by atoms with Crippen molar-refractivity contribution in [3.8, 4) is 0 Å². The lowest BCUT2D eigenvalue weighted by atomic mass is 10.1. The molecule has 0 aliphatic carbocycles. The zero-order chi connectivity index (χ0) is 26.6. The van der Waals surface area contributed by atoms with Crippen molar-refractivity contribution in [1.29, 1.82) is 0 Å². The fourth-order valence-electron chi connectivity index (χ4n) is 4.84. The van der Waals surface area contributed by atoms with Gasteiger partial charge in [0, 0.05) is 30.7 Å². The van der Waals surface area contributed by atoms with E-state index in [4.69, 9.17) is 14.1 Å². The normalized spacial score (nSPS) is 19.3. The summed E-state index contributed by atoms with van der Waals surface area (Å²) in [4.78, 5) is 47.1. The fourth-order valence-corrected chi connectivity index (χ4v) is 4.84. The molecule has 2 saturated heterocycles. The summed E-state index contributed by atoms with van der Waals surface area (Å²) in [6.45, 7) is 9.46. The Morgan fingerprint density at radius 3 is 2.57 bits per heavy atom. The largest absolute Gasteiger partial charge is 0.461 e. The SMILES string of the molecule is Cc1cc2cc(NC(CC(=O)OC(C)(C)C)=N[C@H]3CCCCN(CC(=O)N4CCCC4)C3=O)ccc2o1. The van der Waals surface area contributed by atoms with Crippen molar-refractivity contribution in [3.63, 3.8) is 0 Å². The molecule has 4 rings (SSSR count). The minimum atomic E-state index is -0.668. The molecule has 1 N–H and O–H groups in total. The number of aryl methyl sites for hydroxylation is 1. The molecule has 9 heteroatoms. The lowest BCUT2D eigenvalue weighted by Crippen LogP contribution is -2.45. The molecule has 2 aromatic rings. The second kappa shape index (κ2) is 11.4. The standard InChI is InChI=1S/C28H38N4O5/c1-19-15-20-16-21(10-11-23(20)36-19)29-24(17-26(34)37-28(2,3)4)30-22-9-5-6-14-32(27(22)35)18-25(33)31-12-7-8-13-31/h10-11,15-16,22H,5-9,12-14,17-18H2,1-4H3,(H,29,30)/t22-/m0/s1. The number of rotatable bonds is 6. The van der Waals surface area contributed by atoms with Gasteiger partial charge in [-0.2, -0.15) is 0 Å². The highest BCUT2D eigenvalue weighted by molar-refractivity contribution is 6.07. The van der Waals surface area contributed by atoms with Crippen molar-refractivity contribution in [2.24, 2.45) is 4.99 Å². The first-order chi connectivity index (χ1) is 17.6. The third-order valence-corrected chi connectivity index (χ3v) is 6.51. The maximum atomic E-state index is 13.5. The van der Waals surface area contributed by atoms with Crippen LogP contribution >= 0.6 is 0 Å². The minimum absolute atomic E-state index is 0.00806. The van der Waals surface area contributed by atoms with Crippen molar-refractivity contribution < 1.29 is 23.5 Å². The van der Waals surface area contributed by atoms with E-state index in [2.05, 4.69) is 5.32 Å². The summed E-state index contributed by atoms with van der Waals surface area (Å²) in [6.07, 6.45) is 4.11. The molecule has 0 spiro atoms. The number of nitrogens with zero attached hydrogens (tertiary/aromatic N) is 3. The number of aliphatic imine (C=N–C) groups is 1. The van der Waals surface area contributed by atoms with Crippen molar-refractivity contribution in [2.75, 3.05) is 31.5 Å². The van der Waals surface area contributed by atoms with Gasteiger partial charge in [-0.15, -0.1) is 0 Å². The van der Waals surface area contributed by atoms with E-state index in [-0.39, 0.29) is 24.8 Å². The molecule has 3 heterocycles.